The summed E-state index contributed by atoms with van der Waals surface area (Å²) < 4.78 is 2.17. The van der Waals surface area contributed by atoms with Crippen LogP contribution in [-0.4, -0.2) is 39.9 Å². The van der Waals surface area contributed by atoms with E-state index in [9.17, 15) is 0 Å². The molecule has 2 fully saturated rings. The molecule has 0 amide bonds. The number of aromatic nitrogens is 2. The predicted molar refractivity (Wildman–Crippen MR) is 86.4 cm³/mol. The molecule has 4 nitrogen and oxygen atoms in total. The molecule has 0 atom stereocenters. The Morgan fingerprint density at radius 1 is 1.24 bits per heavy atom. The lowest BCUT2D eigenvalue weighted by Crippen LogP contribution is -2.52. The molecule has 2 aliphatic rings. The van der Waals surface area contributed by atoms with Gasteiger partial charge in [-0.15, -0.1) is 0 Å². The Hall–Kier alpha value is -0.870. The van der Waals surface area contributed by atoms with Gasteiger partial charge < -0.3 is 5.32 Å². The molecule has 1 saturated heterocycles. The minimum absolute atomic E-state index is 0.390. The van der Waals surface area contributed by atoms with Crippen molar-refractivity contribution in [1.82, 2.24) is 20.0 Å². The number of nitrogens with one attached hydrogen (secondary N) is 1. The topological polar surface area (TPSA) is 33.1 Å². The van der Waals surface area contributed by atoms with Crippen LogP contribution in [0, 0.1) is 6.92 Å². The van der Waals surface area contributed by atoms with Gasteiger partial charge >= 0.3 is 0 Å². The lowest BCUT2D eigenvalue weighted by atomic mass is 9.81. The molecule has 3 rings (SSSR count). The summed E-state index contributed by atoms with van der Waals surface area (Å²) in [4.78, 5) is 2.66. The molecule has 2 heterocycles. The first-order valence-corrected chi connectivity index (χ1v) is 8.71. The highest BCUT2D eigenvalue weighted by atomic mass is 15.3. The molecule has 1 spiro atoms. The summed E-state index contributed by atoms with van der Waals surface area (Å²) in [6, 6.07) is 2.26. The maximum atomic E-state index is 4.60. The van der Waals surface area contributed by atoms with E-state index in [0.717, 1.165) is 18.8 Å². The van der Waals surface area contributed by atoms with Crippen molar-refractivity contribution in [2.75, 3.05) is 19.6 Å². The van der Waals surface area contributed by atoms with E-state index in [0.29, 0.717) is 5.54 Å². The number of hydrogen-bond acceptors (Lipinski definition) is 3. The zero-order valence-corrected chi connectivity index (χ0v) is 13.7. The maximum absolute atomic E-state index is 4.60. The first-order valence-electron chi connectivity index (χ1n) is 8.71. The van der Waals surface area contributed by atoms with Gasteiger partial charge in [-0.05, 0) is 52.3 Å². The van der Waals surface area contributed by atoms with Crippen molar-refractivity contribution < 1.29 is 0 Å². The molecule has 1 aromatic heterocycles. The average Bonchev–Trinajstić information content (AvgIpc) is 2.72. The summed E-state index contributed by atoms with van der Waals surface area (Å²) in [5, 5.41) is 8.48. The third kappa shape index (κ3) is 3.49. The van der Waals surface area contributed by atoms with E-state index < -0.39 is 0 Å². The quantitative estimate of drug-likeness (QED) is 0.929. The van der Waals surface area contributed by atoms with Crippen LogP contribution in [0.5, 0.6) is 0 Å². The van der Waals surface area contributed by atoms with E-state index in [1.165, 1.54) is 63.9 Å². The number of hydrogen-bond donors (Lipinski definition) is 1. The molecule has 1 aliphatic heterocycles. The van der Waals surface area contributed by atoms with Gasteiger partial charge in [0.15, 0.2) is 0 Å². The van der Waals surface area contributed by atoms with Crippen molar-refractivity contribution in [3.05, 3.63) is 17.5 Å². The average molecular weight is 290 g/mol. The Bertz CT molecular complexity index is 459. The van der Waals surface area contributed by atoms with E-state index in [1.54, 1.807) is 0 Å². The zero-order chi connectivity index (χ0) is 14.7. The molecule has 1 aromatic rings. The Kier molecular flexibility index (Phi) is 4.65. The van der Waals surface area contributed by atoms with E-state index in [1.807, 2.05) is 0 Å². The van der Waals surface area contributed by atoms with Crippen molar-refractivity contribution in [2.45, 2.75) is 71.0 Å². The Balaban J connectivity index is 1.71. The van der Waals surface area contributed by atoms with Crippen LogP contribution in [0.25, 0.3) is 0 Å². The summed E-state index contributed by atoms with van der Waals surface area (Å²) in [6.45, 7) is 9.91. The van der Waals surface area contributed by atoms with E-state index >= 15 is 0 Å². The SMILES string of the molecule is CCn1nc(C)cc1CN1CCCNC2(CCCCC2)C1. The fraction of sp³-hybridized carbons (Fsp3) is 0.824. The molecule has 0 unspecified atom stereocenters. The molecular formula is C17H30N4. The van der Waals surface area contributed by atoms with Crippen LogP contribution in [0.1, 0.15) is 56.8 Å². The van der Waals surface area contributed by atoms with E-state index in [2.05, 4.69) is 39.9 Å². The summed E-state index contributed by atoms with van der Waals surface area (Å²) >= 11 is 0. The fourth-order valence-corrected chi connectivity index (χ4v) is 4.15. The van der Waals surface area contributed by atoms with E-state index in [-0.39, 0.29) is 0 Å². The molecular weight excluding hydrogens is 260 g/mol. The molecule has 1 saturated carbocycles. The van der Waals surface area contributed by atoms with Crippen molar-refractivity contribution in [3.63, 3.8) is 0 Å². The normalized spacial score (nSPS) is 23.3. The van der Waals surface area contributed by atoms with Gasteiger partial charge in [-0.1, -0.05) is 19.3 Å². The zero-order valence-electron chi connectivity index (χ0n) is 13.7. The number of rotatable bonds is 3. The second-order valence-corrected chi connectivity index (χ2v) is 6.92. The minimum Gasteiger partial charge on any atom is -0.310 e. The van der Waals surface area contributed by atoms with Crippen LogP contribution in [0.4, 0.5) is 0 Å². The number of aryl methyl sites for hydroxylation is 2. The first-order chi connectivity index (χ1) is 10.2. The fourth-order valence-electron chi connectivity index (χ4n) is 4.15. The monoisotopic (exact) mass is 290 g/mol. The van der Waals surface area contributed by atoms with Crippen molar-refractivity contribution in [3.8, 4) is 0 Å². The highest BCUT2D eigenvalue weighted by molar-refractivity contribution is 5.09. The smallest absolute Gasteiger partial charge is 0.0597 e. The standard InChI is InChI=1S/C17H30N4/c1-3-21-16(12-15(2)19-21)13-20-11-7-10-18-17(14-20)8-5-4-6-9-17/h12,18H,3-11,13-14H2,1-2H3. The second-order valence-electron chi connectivity index (χ2n) is 6.92. The van der Waals surface area contributed by atoms with Gasteiger partial charge in [-0.25, -0.2) is 0 Å². The highest BCUT2D eigenvalue weighted by Crippen LogP contribution is 2.30. The Labute approximate surface area is 128 Å². The van der Waals surface area contributed by atoms with Gasteiger partial charge in [-0.3, -0.25) is 9.58 Å². The van der Waals surface area contributed by atoms with Crippen molar-refractivity contribution in [2.24, 2.45) is 0 Å². The second kappa shape index (κ2) is 6.49. The summed E-state index contributed by atoms with van der Waals surface area (Å²) in [5.74, 6) is 0. The molecule has 4 heteroatoms. The van der Waals surface area contributed by atoms with Gasteiger partial charge in [0.25, 0.3) is 0 Å². The van der Waals surface area contributed by atoms with Gasteiger partial charge in [0.1, 0.15) is 0 Å². The van der Waals surface area contributed by atoms with Crippen LogP contribution in [0.3, 0.4) is 0 Å². The van der Waals surface area contributed by atoms with E-state index in [4.69, 9.17) is 0 Å². The molecule has 0 radical (unpaired) electrons. The molecule has 1 N–H and O–H groups in total. The summed E-state index contributed by atoms with van der Waals surface area (Å²) in [6.07, 6.45) is 8.19. The molecule has 0 aromatic carbocycles. The lowest BCUT2D eigenvalue weighted by Gasteiger charge is -2.40. The van der Waals surface area contributed by atoms with Gasteiger partial charge in [0.2, 0.25) is 0 Å². The van der Waals surface area contributed by atoms with Crippen LogP contribution >= 0.6 is 0 Å². The summed E-state index contributed by atoms with van der Waals surface area (Å²) in [7, 11) is 0. The van der Waals surface area contributed by atoms with Crippen molar-refractivity contribution >= 4 is 0 Å². The summed E-state index contributed by atoms with van der Waals surface area (Å²) in [5.41, 5.74) is 2.91. The Morgan fingerprint density at radius 3 is 2.81 bits per heavy atom. The van der Waals surface area contributed by atoms with Gasteiger partial charge in [0, 0.05) is 25.2 Å². The van der Waals surface area contributed by atoms with Crippen LogP contribution in [0.15, 0.2) is 6.07 Å². The number of nitrogens with zero attached hydrogens (tertiary/aromatic N) is 3. The Morgan fingerprint density at radius 2 is 2.05 bits per heavy atom. The molecule has 1 aliphatic carbocycles. The van der Waals surface area contributed by atoms with Crippen LogP contribution in [-0.2, 0) is 13.1 Å². The lowest BCUT2D eigenvalue weighted by molar-refractivity contribution is 0.157. The minimum atomic E-state index is 0.390. The third-order valence-corrected chi connectivity index (χ3v) is 5.16. The van der Waals surface area contributed by atoms with Gasteiger partial charge in [0.05, 0.1) is 11.4 Å². The largest absolute Gasteiger partial charge is 0.310 e. The van der Waals surface area contributed by atoms with Crippen molar-refractivity contribution in [1.29, 1.82) is 0 Å². The maximum Gasteiger partial charge on any atom is 0.0597 e. The highest BCUT2D eigenvalue weighted by Gasteiger charge is 2.34. The third-order valence-electron chi connectivity index (χ3n) is 5.16. The van der Waals surface area contributed by atoms with Crippen LogP contribution < -0.4 is 5.32 Å². The molecule has 21 heavy (non-hydrogen) atoms. The molecule has 118 valence electrons. The van der Waals surface area contributed by atoms with Gasteiger partial charge in [-0.2, -0.15) is 5.10 Å². The first kappa shape index (κ1) is 15.0. The molecule has 0 bridgehead atoms. The van der Waals surface area contributed by atoms with Crippen LogP contribution in [0.2, 0.25) is 0 Å². The predicted octanol–water partition coefficient (Wildman–Crippen LogP) is 2.71.